The summed E-state index contributed by atoms with van der Waals surface area (Å²) < 4.78 is 5.28. The Bertz CT molecular complexity index is 414. The van der Waals surface area contributed by atoms with Crippen LogP contribution in [0.25, 0.3) is 0 Å². The zero-order chi connectivity index (χ0) is 12.3. The molecule has 0 radical (unpaired) electrons. The maximum absolute atomic E-state index is 11.6. The normalized spacial score (nSPS) is 19.0. The number of urea groups is 1. The van der Waals surface area contributed by atoms with Gasteiger partial charge in [0.15, 0.2) is 0 Å². The Morgan fingerprint density at radius 3 is 3.06 bits per heavy atom. The first-order chi connectivity index (χ1) is 8.15. The standard InChI is InChI=1S/C12H16N2O3/c1-8-4-5-10(15)9(7-8)13-12(16)14-11-3-2-6-17-11/h4-5,7,11,15H,2-3,6H2,1H3,(H2,13,14,16). The van der Waals surface area contributed by atoms with E-state index in [1.807, 2.05) is 6.92 Å². The number of aryl methyl sites for hydroxylation is 1. The van der Waals surface area contributed by atoms with Crippen LogP contribution in [-0.4, -0.2) is 24.0 Å². The first kappa shape index (κ1) is 11.7. The van der Waals surface area contributed by atoms with Crippen LogP contribution < -0.4 is 10.6 Å². The van der Waals surface area contributed by atoms with Crippen molar-refractivity contribution in [3.05, 3.63) is 23.8 Å². The molecule has 1 atom stereocenters. The van der Waals surface area contributed by atoms with Crippen LogP contribution in [0.1, 0.15) is 18.4 Å². The number of anilines is 1. The SMILES string of the molecule is Cc1ccc(O)c(NC(=O)NC2CCCO2)c1. The van der Waals surface area contributed by atoms with Crippen molar-refractivity contribution in [2.75, 3.05) is 11.9 Å². The number of carbonyl (C=O) groups is 1. The van der Waals surface area contributed by atoms with Gasteiger partial charge in [0.25, 0.3) is 0 Å². The summed E-state index contributed by atoms with van der Waals surface area (Å²) >= 11 is 0. The molecule has 0 saturated carbocycles. The zero-order valence-corrected chi connectivity index (χ0v) is 9.69. The van der Waals surface area contributed by atoms with Gasteiger partial charge in [0.05, 0.1) is 5.69 Å². The lowest BCUT2D eigenvalue weighted by Crippen LogP contribution is -2.37. The summed E-state index contributed by atoms with van der Waals surface area (Å²) in [6, 6.07) is 4.68. The average molecular weight is 236 g/mol. The fourth-order valence-electron chi connectivity index (χ4n) is 1.75. The highest BCUT2D eigenvalue weighted by atomic mass is 16.5. The number of benzene rings is 1. The summed E-state index contributed by atoms with van der Waals surface area (Å²) in [5.41, 5.74) is 1.37. The summed E-state index contributed by atoms with van der Waals surface area (Å²) in [4.78, 5) is 11.6. The lowest BCUT2D eigenvalue weighted by atomic mass is 10.2. The van der Waals surface area contributed by atoms with Crippen LogP contribution in [0.3, 0.4) is 0 Å². The van der Waals surface area contributed by atoms with Crippen LogP contribution in [-0.2, 0) is 4.74 Å². The van der Waals surface area contributed by atoms with E-state index in [9.17, 15) is 9.90 Å². The second-order valence-electron chi connectivity index (χ2n) is 4.12. The van der Waals surface area contributed by atoms with E-state index in [-0.39, 0.29) is 18.0 Å². The molecular formula is C12H16N2O3. The van der Waals surface area contributed by atoms with Gasteiger partial charge in [0.1, 0.15) is 12.0 Å². The fraction of sp³-hybridized carbons (Fsp3) is 0.417. The van der Waals surface area contributed by atoms with E-state index in [1.165, 1.54) is 0 Å². The Morgan fingerprint density at radius 1 is 1.53 bits per heavy atom. The molecular weight excluding hydrogens is 220 g/mol. The predicted molar refractivity (Wildman–Crippen MR) is 64.0 cm³/mol. The van der Waals surface area contributed by atoms with Gasteiger partial charge in [-0.2, -0.15) is 0 Å². The lowest BCUT2D eigenvalue weighted by molar-refractivity contribution is 0.0928. The number of carbonyl (C=O) groups excluding carboxylic acids is 1. The van der Waals surface area contributed by atoms with E-state index in [1.54, 1.807) is 18.2 Å². The Hall–Kier alpha value is -1.75. The average Bonchev–Trinajstić information content (AvgIpc) is 2.76. The quantitative estimate of drug-likeness (QED) is 0.687. The van der Waals surface area contributed by atoms with Crippen molar-refractivity contribution in [2.45, 2.75) is 26.0 Å². The molecule has 1 fully saturated rings. The van der Waals surface area contributed by atoms with E-state index in [2.05, 4.69) is 10.6 Å². The van der Waals surface area contributed by atoms with Crippen molar-refractivity contribution in [2.24, 2.45) is 0 Å². The van der Waals surface area contributed by atoms with E-state index < -0.39 is 0 Å². The molecule has 17 heavy (non-hydrogen) atoms. The first-order valence-electron chi connectivity index (χ1n) is 5.64. The summed E-state index contributed by atoms with van der Waals surface area (Å²) in [7, 11) is 0. The second-order valence-corrected chi connectivity index (χ2v) is 4.12. The van der Waals surface area contributed by atoms with Crippen LogP contribution in [0, 0.1) is 6.92 Å². The number of phenolic OH excluding ortho intramolecular Hbond substituents is 1. The van der Waals surface area contributed by atoms with Crippen LogP contribution in [0.2, 0.25) is 0 Å². The van der Waals surface area contributed by atoms with E-state index in [4.69, 9.17) is 4.74 Å². The Morgan fingerprint density at radius 2 is 2.35 bits per heavy atom. The first-order valence-corrected chi connectivity index (χ1v) is 5.64. The Balaban J connectivity index is 1.95. The number of hydrogen-bond acceptors (Lipinski definition) is 3. The molecule has 1 aromatic rings. The van der Waals surface area contributed by atoms with Crippen LogP contribution in [0.15, 0.2) is 18.2 Å². The highest BCUT2D eigenvalue weighted by Crippen LogP contribution is 2.23. The maximum Gasteiger partial charge on any atom is 0.321 e. The smallest absolute Gasteiger partial charge is 0.321 e. The third-order valence-corrected chi connectivity index (χ3v) is 2.62. The maximum atomic E-state index is 11.6. The highest BCUT2D eigenvalue weighted by molar-refractivity contribution is 5.91. The second kappa shape index (κ2) is 5.05. The van der Waals surface area contributed by atoms with Crippen molar-refractivity contribution >= 4 is 11.7 Å². The molecule has 1 aliphatic rings. The van der Waals surface area contributed by atoms with Gasteiger partial charge in [0.2, 0.25) is 0 Å². The molecule has 0 aromatic heterocycles. The van der Waals surface area contributed by atoms with Gasteiger partial charge < -0.3 is 20.5 Å². The van der Waals surface area contributed by atoms with Crippen LogP contribution in [0.4, 0.5) is 10.5 Å². The van der Waals surface area contributed by atoms with Gasteiger partial charge in [-0.15, -0.1) is 0 Å². The van der Waals surface area contributed by atoms with Gasteiger partial charge in [-0.05, 0) is 37.5 Å². The van der Waals surface area contributed by atoms with E-state index in [0.29, 0.717) is 12.3 Å². The third-order valence-electron chi connectivity index (χ3n) is 2.62. The molecule has 1 aliphatic heterocycles. The number of ether oxygens (including phenoxy) is 1. The molecule has 0 aliphatic carbocycles. The Kier molecular flexibility index (Phi) is 3.49. The molecule has 3 N–H and O–H groups in total. The zero-order valence-electron chi connectivity index (χ0n) is 9.69. The number of aromatic hydroxyl groups is 1. The molecule has 0 spiro atoms. The number of rotatable bonds is 2. The largest absolute Gasteiger partial charge is 0.506 e. The number of nitrogens with one attached hydrogen (secondary N) is 2. The summed E-state index contributed by atoms with van der Waals surface area (Å²) in [5, 5.41) is 14.9. The van der Waals surface area contributed by atoms with Crippen molar-refractivity contribution in [3.63, 3.8) is 0 Å². The van der Waals surface area contributed by atoms with Crippen molar-refractivity contribution in [1.82, 2.24) is 5.32 Å². The molecule has 1 unspecified atom stereocenters. The molecule has 1 saturated heterocycles. The van der Waals surface area contributed by atoms with Crippen molar-refractivity contribution in [1.29, 1.82) is 0 Å². The van der Waals surface area contributed by atoms with Crippen molar-refractivity contribution < 1.29 is 14.6 Å². The highest BCUT2D eigenvalue weighted by Gasteiger charge is 2.17. The molecule has 2 rings (SSSR count). The number of amides is 2. The number of phenols is 1. The molecule has 1 heterocycles. The van der Waals surface area contributed by atoms with Gasteiger partial charge >= 0.3 is 6.03 Å². The lowest BCUT2D eigenvalue weighted by Gasteiger charge is -2.13. The summed E-state index contributed by atoms with van der Waals surface area (Å²) in [6.07, 6.45) is 1.57. The van der Waals surface area contributed by atoms with Crippen LogP contribution >= 0.6 is 0 Å². The van der Waals surface area contributed by atoms with Gasteiger partial charge in [-0.25, -0.2) is 4.79 Å². The topological polar surface area (TPSA) is 70.6 Å². The van der Waals surface area contributed by atoms with E-state index >= 15 is 0 Å². The molecule has 0 bridgehead atoms. The summed E-state index contributed by atoms with van der Waals surface area (Å²) in [6.45, 7) is 2.57. The molecule has 92 valence electrons. The van der Waals surface area contributed by atoms with Crippen molar-refractivity contribution in [3.8, 4) is 5.75 Å². The minimum Gasteiger partial charge on any atom is -0.506 e. The fourth-order valence-corrected chi connectivity index (χ4v) is 1.75. The third kappa shape index (κ3) is 3.10. The molecule has 2 amide bonds. The molecule has 5 heteroatoms. The van der Waals surface area contributed by atoms with Gasteiger partial charge in [-0.3, -0.25) is 0 Å². The van der Waals surface area contributed by atoms with Crippen LogP contribution in [0.5, 0.6) is 5.75 Å². The molecule has 1 aromatic carbocycles. The minimum atomic E-state index is -0.363. The van der Waals surface area contributed by atoms with Gasteiger partial charge in [-0.1, -0.05) is 6.07 Å². The summed E-state index contributed by atoms with van der Waals surface area (Å²) in [5.74, 6) is 0.0538. The minimum absolute atomic E-state index is 0.0538. The monoisotopic (exact) mass is 236 g/mol. The Labute approximate surface area is 99.8 Å². The van der Waals surface area contributed by atoms with E-state index in [0.717, 1.165) is 18.4 Å². The molecule has 5 nitrogen and oxygen atoms in total. The number of hydrogen-bond donors (Lipinski definition) is 3. The van der Waals surface area contributed by atoms with Gasteiger partial charge in [0, 0.05) is 6.61 Å². The predicted octanol–water partition coefficient (Wildman–Crippen LogP) is 1.96.